The lowest BCUT2D eigenvalue weighted by molar-refractivity contribution is 0.0579. The quantitative estimate of drug-likeness (QED) is 0.686. The normalized spacial score (nSPS) is 9.50. The second-order valence-corrected chi connectivity index (χ2v) is 2.50. The van der Waals surface area contributed by atoms with Crippen LogP contribution in [0.1, 0.15) is 20.7 Å². The molecule has 0 bridgehead atoms. The molecule has 5 heteroatoms. The highest BCUT2D eigenvalue weighted by molar-refractivity contribution is 6.04. The minimum atomic E-state index is -1.29. The molecule has 0 heterocycles. The Bertz CT molecular complexity index is 383. The molecule has 0 saturated heterocycles. The Labute approximate surface area is 79.6 Å². The second-order valence-electron chi connectivity index (χ2n) is 2.50. The van der Waals surface area contributed by atoms with Crippen LogP contribution in [0.5, 0.6) is 5.75 Å². The average Bonchev–Trinajstić information content (AvgIpc) is 2.16. The lowest BCUT2D eigenvalue weighted by Crippen LogP contribution is -2.10. The summed E-state index contributed by atoms with van der Waals surface area (Å²) >= 11 is 0. The van der Waals surface area contributed by atoms with Gasteiger partial charge >= 0.3 is 11.9 Å². The number of phenols is 1. The van der Waals surface area contributed by atoms with Gasteiger partial charge in [-0.2, -0.15) is 0 Å². The Kier molecular flexibility index (Phi) is 2.71. The van der Waals surface area contributed by atoms with Gasteiger partial charge in [-0.3, -0.25) is 0 Å². The summed E-state index contributed by atoms with van der Waals surface area (Å²) in [6, 6.07) is 3.78. The third-order valence-electron chi connectivity index (χ3n) is 1.66. The number of carbonyl (C=O) groups excluding carboxylic acids is 1. The highest BCUT2D eigenvalue weighted by atomic mass is 16.5. The van der Waals surface area contributed by atoms with Crippen molar-refractivity contribution in [1.29, 1.82) is 0 Å². The van der Waals surface area contributed by atoms with E-state index in [0.717, 1.165) is 7.11 Å². The molecule has 1 aromatic carbocycles. The van der Waals surface area contributed by atoms with Crippen molar-refractivity contribution in [3.63, 3.8) is 0 Å². The van der Waals surface area contributed by atoms with Gasteiger partial charge < -0.3 is 14.9 Å². The number of carbonyl (C=O) groups is 2. The Morgan fingerprint density at radius 2 is 2.00 bits per heavy atom. The lowest BCUT2D eigenvalue weighted by atomic mass is 10.1. The van der Waals surface area contributed by atoms with Gasteiger partial charge in [0, 0.05) is 0 Å². The molecule has 0 saturated carbocycles. The van der Waals surface area contributed by atoms with Crippen molar-refractivity contribution < 1.29 is 24.5 Å². The number of hydrogen-bond acceptors (Lipinski definition) is 4. The van der Waals surface area contributed by atoms with E-state index >= 15 is 0 Å². The summed E-state index contributed by atoms with van der Waals surface area (Å²) in [5, 5.41) is 18.0. The highest BCUT2D eigenvalue weighted by Gasteiger charge is 2.20. The SMILES string of the molecule is COC(=O)c1c(O)cccc1C(=O)O. The Hall–Kier alpha value is -2.04. The maximum Gasteiger partial charge on any atom is 0.342 e. The highest BCUT2D eigenvalue weighted by Crippen LogP contribution is 2.21. The number of esters is 1. The zero-order chi connectivity index (χ0) is 10.7. The Morgan fingerprint density at radius 1 is 1.36 bits per heavy atom. The average molecular weight is 196 g/mol. The summed E-state index contributed by atoms with van der Waals surface area (Å²) < 4.78 is 4.35. The third-order valence-corrected chi connectivity index (χ3v) is 1.66. The van der Waals surface area contributed by atoms with Gasteiger partial charge in [0.2, 0.25) is 0 Å². The topological polar surface area (TPSA) is 83.8 Å². The summed E-state index contributed by atoms with van der Waals surface area (Å²) in [6.07, 6.45) is 0. The Morgan fingerprint density at radius 3 is 2.50 bits per heavy atom. The van der Waals surface area contributed by atoms with Gasteiger partial charge in [0.1, 0.15) is 11.3 Å². The predicted molar refractivity (Wildman–Crippen MR) is 46.4 cm³/mol. The fourth-order valence-corrected chi connectivity index (χ4v) is 1.03. The molecule has 14 heavy (non-hydrogen) atoms. The van der Waals surface area contributed by atoms with Crippen molar-refractivity contribution in [3.8, 4) is 5.75 Å². The zero-order valence-corrected chi connectivity index (χ0v) is 7.35. The van der Waals surface area contributed by atoms with Gasteiger partial charge in [-0.1, -0.05) is 6.07 Å². The fraction of sp³-hybridized carbons (Fsp3) is 0.111. The molecule has 0 fully saturated rings. The smallest absolute Gasteiger partial charge is 0.342 e. The van der Waals surface area contributed by atoms with Crippen LogP contribution in [-0.4, -0.2) is 29.3 Å². The van der Waals surface area contributed by atoms with Crippen LogP contribution >= 0.6 is 0 Å². The molecule has 0 unspecified atom stereocenters. The van der Waals surface area contributed by atoms with Crippen LogP contribution < -0.4 is 0 Å². The number of ether oxygens (including phenoxy) is 1. The number of phenolic OH excluding ortho intramolecular Hbond substituents is 1. The van der Waals surface area contributed by atoms with E-state index in [4.69, 9.17) is 5.11 Å². The molecule has 0 radical (unpaired) electrons. The van der Waals surface area contributed by atoms with Crippen LogP contribution in [0.3, 0.4) is 0 Å². The van der Waals surface area contributed by atoms with Crippen LogP contribution in [0, 0.1) is 0 Å². The maximum absolute atomic E-state index is 11.1. The molecule has 1 rings (SSSR count). The molecular weight excluding hydrogens is 188 g/mol. The summed E-state index contributed by atoms with van der Waals surface area (Å²) in [4.78, 5) is 21.8. The number of carboxylic acid groups (broad SMARTS) is 1. The monoisotopic (exact) mass is 196 g/mol. The van der Waals surface area contributed by atoms with Crippen LogP contribution in [0.4, 0.5) is 0 Å². The summed E-state index contributed by atoms with van der Waals surface area (Å²) in [7, 11) is 1.11. The van der Waals surface area contributed by atoms with E-state index in [1.165, 1.54) is 18.2 Å². The number of methoxy groups -OCH3 is 1. The van der Waals surface area contributed by atoms with E-state index in [1.54, 1.807) is 0 Å². The van der Waals surface area contributed by atoms with Crippen LogP contribution in [0.15, 0.2) is 18.2 Å². The van der Waals surface area contributed by atoms with Crippen LogP contribution in [0.2, 0.25) is 0 Å². The van der Waals surface area contributed by atoms with Crippen molar-refractivity contribution in [2.24, 2.45) is 0 Å². The van der Waals surface area contributed by atoms with Gasteiger partial charge in [0.25, 0.3) is 0 Å². The summed E-state index contributed by atoms with van der Waals surface area (Å²) in [5.41, 5.74) is -0.612. The number of hydrogen-bond donors (Lipinski definition) is 2. The van der Waals surface area contributed by atoms with Gasteiger partial charge in [0.05, 0.1) is 12.7 Å². The second kappa shape index (κ2) is 3.78. The summed E-state index contributed by atoms with van der Waals surface area (Å²) in [6.45, 7) is 0. The van der Waals surface area contributed by atoms with Crippen molar-refractivity contribution >= 4 is 11.9 Å². The molecule has 5 nitrogen and oxygen atoms in total. The van der Waals surface area contributed by atoms with E-state index in [1.807, 2.05) is 0 Å². The largest absolute Gasteiger partial charge is 0.507 e. The number of benzene rings is 1. The van der Waals surface area contributed by atoms with E-state index < -0.39 is 17.7 Å². The first kappa shape index (κ1) is 10.0. The number of aromatic hydroxyl groups is 1. The van der Waals surface area contributed by atoms with Gasteiger partial charge in [-0.25, -0.2) is 9.59 Å². The van der Waals surface area contributed by atoms with Gasteiger partial charge in [-0.05, 0) is 12.1 Å². The van der Waals surface area contributed by atoms with Crippen LogP contribution in [-0.2, 0) is 4.74 Å². The van der Waals surface area contributed by atoms with Crippen molar-refractivity contribution in [1.82, 2.24) is 0 Å². The number of rotatable bonds is 2. The molecule has 74 valence electrons. The Balaban J connectivity index is 3.36. The molecule has 2 N–H and O–H groups in total. The van der Waals surface area contributed by atoms with Crippen molar-refractivity contribution in [2.75, 3.05) is 7.11 Å². The minimum Gasteiger partial charge on any atom is -0.507 e. The molecule has 0 amide bonds. The first-order valence-electron chi connectivity index (χ1n) is 3.71. The first-order valence-corrected chi connectivity index (χ1v) is 3.71. The molecule has 0 spiro atoms. The van der Waals surface area contributed by atoms with Gasteiger partial charge in [-0.15, -0.1) is 0 Å². The van der Waals surface area contributed by atoms with E-state index in [-0.39, 0.29) is 11.1 Å². The third kappa shape index (κ3) is 1.66. The molecule has 1 aromatic rings. The number of aromatic carboxylic acids is 1. The molecular formula is C9H8O5. The van der Waals surface area contributed by atoms with Crippen molar-refractivity contribution in [3.05, 3.63) is 29.3 Å². The fourth-order valence-electron chi connectivity index (χ4n) is 1.03. The molecule has 0 aliphatic heterocycles. The van der Waals surface area contributed by atoms with Gasteiger partial charge in [0.15, 0.2) is 0 Å². The molecule has 0 aromatic heterocycles. The lowest BCUT2D eigenvalue weighted by Gasteiger charge is -2.05. The molecule has 0 aliphatic rings. The molecule has 0 aliphatic carbocycles. The minimum absolute atomic E-state index is 0.281. The predicted octanol–water partition coefficient (Wildman–Crippen LogP) is 0.877. The van der Waals surface area contributed by atoms with Crippen LogP contribution in [0.25, 0.3) is 0 Å². The number of carboxylic acids is 1. The summed E-state index contributed by atoms with van der Waals surface area (Å²) in [5.74, 6) is -2.57. The van der Waals surface area contributed by atoms with Crippen molar-refractivity contribution in [2.45, 2.75) is 0 Å². The van der Waals surface area contributed by atoms with E-state index in [2.05, 4.69) is 4.74 Å². The van der Waals surface area contributed by atoms with E-state index in [0.29, 0.717) is 0 Å². The molecule has 0 atom stereocenters. The first-order chi connectivity index (χ1) is 6.57. The standard InChI is InChI=1S/C9H8O5/c1-14-9(13)7-5(8(11)12)3-2-4-6(7)10/h2-4,10H,1H3,(H,11,12). The zero-order valence-electron chi connectivity index (χ0n) is 7.35. The maximum atomic E-state index is 11.1. The van der Waals surface area contributed by atoms with E-state index in [9.17, 15) is 14.7 Å².